The third-order valence-corrected chi connectivity index (χ3v) is 4.93. The smallest absolute Gasteiger partial charge is 0.162 e. The van der Waals surface area contributed by atoms with E-state index in [1.807, 2.05) is 17.8 Å². The van der Waals surface area contributed by atoms with Crippen LogP contribution in [-0.4, -0.2) is 31.6 Å². The zero-order valence-corrected chi connectivity index (χ0v) is 12.7. The largest absolute Gasteiger partial charge is 0.490 e. The molecule has 3 rings (SSSR count). The molecule has 3 nitrogen and oxygen atoms in total. The predicted molar refractivity (Wildman–Crippen MR) is 83.0 cm³/mol. The van der Waals surface area contributed by atoms with Crippen molar-refractivity contribution < 1.29 is 9.47 Å². The van der Waals surface area contributed by atoms with E-state index in [-0.39, 0.29) is 0 Å². The van der Waals surface area contributed by atoms with E-state index in [1.54, 1.807) is 0 Å². The Balaban J connectivity index is 1.46. The highest BCUT2D eigenvalue weighted by atomic mass is 32.2. The number of rotatable bonds is 5. The van der Waals surface area contributed by atoms with Gasteiger partial charge in [-0.25, -0.2) is 0 Å². The molecule has 1 atom stereocenters. The minimum Gasteiger partial charge on any atom is -0.490 e. The Bertz CT molecular complexity index is 432. The van der Waals surface area contributed by atoms with E-state index in [4.69, 9.17) is 9.47 Å². The Labute approximate surface area is 125 Å². The van der Waals surface area contributed by atoms with Crippen LogP contribution < -0.4 is 14.8 Å². The molecule has 0 radical (unpaired) electrons. The molecule has 4 heteroatoms. The summed E-state index contributed by atoms with van der Waals surface area (Å²) >= 11 is 1.92. The van der Waals surface area contributed by atoms with Crippen molar-refractivity contribution in [3.8, 4) is 11.5 Å². The molecule has 0 amide bonds. The van der Waals surface area contributed by atoms with E-state index < -0.39 is 0 Å². The lowest BCUT2D eigenvalue weighted by Crippen LogP contribution is -2.20. The molecule has 1 aromatic carbocycles. The number of fused-ring (bicyclic) bond motifs is 1. The van der Waals surface area contributed by atoms with Crippen LogP contribution in [0.5, 0.6) is 11.5 Å². The SMILES string of the molecule is c1cc2c(cc1SCCCC1CCCN1)OCCCO2. The molecule has 1 fully saturated rings. The number of nitrogens with one attached hydrogen (secondary N) is 1. The minimum atomic E-state index is 0.758. The molecule has 110 valence electrons. The molecule has 0 spiro atoms. The number of ether oxygens (including phenoxy) is 2. The maximum absolute atomic E-state index is 5.73. The standard InChI is InChI=1S/C16H23NO2S/c1-4-13(17-8-1)5-2-11-20-14-6-7-15-16(12-14)19-10-3-9-18-15/h6-7,12-13,17H,1-5,8-11H2. The number of benzene rings is 1. The van der Waals surface area contributed by atoms with E-state index in [9.17, 15) is 0 Å². The second kappa shape index (κ2) is 7.23. The van der Waals surface area contributed by atoms with Crippen molar-refractivity contribution in [2.24, 2.45) is 0 Å². The van der Waals surface area contributed by atoms with Gasteiger partial charge in [0.2, 0.25) is 0 Å². The van der Waals surface area contributed by atoms with E-state index >= 15 is 0 Å². The summed E-state index contributed by atoms with van der Waals surface area (Å²) in [5.74, 6) is 2.98. The van der Waals surface area contributed by atoms with E-state index in [1.165, 1.54) is 42.9 Å². The van der Waals surface area contributed by atoms with Gasteiger partial charge in [0.1, 0.15) is 0 Å². The van der Waals surface area contributed by atoms with Gasteiger partial charge in [-0.05, 0) is 56.2 Å². The summed E-state index contributed by atoms with van der Waals surface area (Å²) in [5, 5.41) is 3.56. The minimum absolute atomic E-state index is 0.758. The molecule has 1 unspecified atom stereocenters. The number of thioether (sulfide) groups is 1. The van der Waals surface area contributed by atoms with Crippen molar-refractivity contribution in [2.45, 2.75) is 43.0 Å². The molecule has 0 aromatic heterocycles. The normalized spacial score (nSPS) is 21.7. The van der Waals surface area contributed by atoms with Gasteiger partial charge in [-0.3, -0.25) is 0 Å². The van der Waals surface area contributed by atoms with Gasteiger partial charge >= 0.3 is 0 Å². The van der Waals surface area contributed by atoms with Gasteiger partial charge in [-0.15, -0.1) is 11.8 Å². The second-order valence-corrected chi connectivity index (χ2v) is 6.61. The van der Waals surface area contributed by atoms with Crippen molar-refractivity contribution in [3.05, 3.63) is 18.2 Å². The quantitative estimate of drug-likeness (QED) is 0.665. The molecule has 20 heavy (non-hydrogen) atoms. The van der Waals surface area contributed by atoms with Crippen molar-refractivity contribution in [1.82, 2.24) is 5.32 Å². The average molecular weight is 293 g/mol. The molecule has 0 aliphatic carbocycles. The lowest BCUT2D eigenvalue weighted by Gasteiger charge is -2.11. The van der Waals surface area contributed by atoms with Gasteiger partial charge in [-0.1, -0.05) is 0 Å². The molecular formula is C16H23NO2S. The van der Waals surface area contributed by atoms with Crippen molar-refractivity contribution >= 4 is 11.8 Å². The third kappa shape index (κ3) is 3.83. The zero-order chi connectivity index (χ0) is 13.6. The average Bonchev–Trinajstić information content (AvgIpc) is 2.87. The number of hydrogen-bond donors (Lipinski definition) is 1. The van der Waals surface area contributed by atoms with Gasteiger partial charge in [0.25, 0.3) is 0 Å². The maximum atomic E-state index is 5.73. The first-order valence-corrected chi connectivity index (χ1v) is 8.66. The first-order chi connectivity index (χ1) is 9.92. The van der Waals surface area contributed by atoms with Crippen molar-refractivity contribution in [1.29, 1.82) is 0 Å². The summed E-state index contributed by atoms with van der Waals surface area (Å²) in [6.07, 6.45) is 6.24. The van der Waals surface area contributed by atoms with E-state index in [2.05, 4.69) is 17.4 Å². The Morgan fingerprint density at radius 3 is 2.90 bits per heavy atom. The number of hydrogen-bond acceptors (Lipinski definition) is 4. The molecule has 2 heterocycles. The fourth-order valence-corrected chi connectivity index (χ4v) is 3.66. The van der Waals surface area contributed by atoms with Crippen molar-refractivity contribution in [3.63, 3.8) is 0 Å². The summed E-state index contributed by atoms with van der Waals surface area (Å²) in [4.78, 5) is 1.29. The van der Waals surface area contributed by atoms with Crippen LogP contribution >= 0.6 is 11.8 Å². The third-order valence-electron chi connectivity index (χ3n) is 3.85. The zero-order valence-electron chi connectivity index (χ0n) is 11.9. The summed E-state index contributed by atoms with van der Waals surface area (Å²) in [6, 6.07) is 7.08. The van der Waals surface area contributed by atoms with Crippen LogP contribution in [0.25, 0.3) is 0 Å². The van der Waals surface area contributed by atoms with E-state index in [0.29, 0.717) is 0 Å². The van der Waals surface area contributed by atoms with Crippen LogP contribution in [0.4, 0.5) is 0 Å². The molecule has 2 aliphatic heterocycles. The molecule has 0 saturated carbocycles. The highest BCUT2D eigenvalue weighted by molar-refractivity contribution is 7.99. The Morgan fingerprint density at radius 2 is 2.05 bits per heavy atom. The van der Waals surface area contributed by atoms with Crippen LogP contribution in [0.15, 0.2) is 23.1 Å². The second-order valence-electron chi connectivity index (χ2n) is 5.44. The lowest BCUT2D eigenvalue weighted by molar-refractivity contribution is 0.297. The van der Waals surface area contributed by atoms with Crippen LogP contribution in [0.2, 0.25) is 0 Å². The Hall–Kier alpha value is -0.870. The fourth-order valence-electron chi connectivity index (χ4n) is 2.76. The van der Waals surface area contributed by atoms with Gasteiger partial charge in [0.05, 0.1) is 13.2 Å². The molecule has 1 aromatic rings. The highest BCUT2D eigenvalue weighted by Crippen LogP contribution is 2.34. The first-order valence-electron chi connectivity index (χ1n) is 7.68. The topological polar surface area (TPSA) is 30.5 Å². The van der Waals surface area contributed by atoms with Gasteiger partial charge in [0, 0.05) is 17.4 Å². The van der Waals surface area contributed by atoms with Crippen LogP contribution in [0, 0.1) is 0 Å². The summed E-state index contributed by atoms with van der Waals surface area (Å²) in [7, 11) is 0. The molecule has 1 saturated heterocycles. The Kier molecular flexibility index (Phi) is 5.09. The van der Waals surface area contributed by atoms with Crippen LogP contribution in [0.3, 0.4) is 0 Å². The molecule has 1 N–H and O–H groups in total. The van der Waals surface area contributed by atoms with Crippen LogP contribution in [0.1, 0.15) is 32.1 Å². The molecular weight excluding hydrogens is 270 g/mol. The Morgan fingerprint density at radius 1 is 1.15 bits per heavy atom. The molecule has 2 aliphatic rings. The van der Waals surface area contributed by atoms with E-state index in [0.717, 1.165) is 37.2 Å². The van der Waals surface area contributed by atoms with Gasteiger partial charge < -0.3 is 14.8 Å². The lowest BCUT2D eigenvalue weighted by atomic mass is 10.1. The highest BCUT2D eigenvalue weighted by Gasteiger charge is 2.13. The monoisotopic (exact) mass is 293 g/mol. The van der Waals surface area contributed by atoms with Crippen molar-refractivity contribution in [2.75, 3.05) is 25.5 Å². The first kappa shape index (κ1) is 14.1. The van der Waals surface area contributed by atoms with Gasteiger partial charge in [-0.2, -0.15) is 0 Å². The summed E-state index contributed by atoms with van der Waals surface area (Å²) in [6.45, 7) is 2.72. The molecule has 0 bridgehead atoms. The summed E-state index contributed by atoms with van der Waals surface area (Å²) in [5.41, 5.74) is 0. The van der Waals surface area contributed by atoms with Gasteiger partial charge in [0.15, 0.2) is 11.5 Å². The maximum Gasteiger partial charge on any atom is 0.162 e. The van der Waals surface area contributed by atoms with Crippen LogP contribution in [-0.2, 0) is 0 Å². The summed E-state index contributed by atoms with van der Waals surface area (Å²) < 4.78 is 11.4. The fraction of sp³-hybridized carbons (Fsp3) is 0.625. The predicted octanol–water partition coefficient (Wildman–Crippen LogP) is 3.47.